The van der Waals surface area contributed by atoms with Crippen molar-refractivity contribution in [1.29, 1.82) is 0 Å². The van der Waals surface area contributed by atoms with Gasteiger partial charge in [-0.3, -0.25) is 0 Å². The van der Waals surface area contributed by atoms with E-state index in [9.17, 15) is 0 Å². The fourth-order valence-corrected chi connectivity index (χ4v) is 8.33. The molecular weight excluding hydrogens is 331 g/mol. The Hall–Kier alpha value is -0.840. The molecule has 2 rings (SSSR count). The molecule has 0 aromatic heterocycles. The van der Waals surface area contributed by atoms with Crippen molar-refractivity contribution in [2.24, 2.45) is 0 Å². The standard InChI is InChI=1S/C22H32P.ClH/c1-3-5-17-23(18-6-4-2,19-21-13-9-7-10-14-21)20-22-15-11-8-12-16-22;/h7-16H,3-6,17-20H2,1-2H3;1H/q+1;/p-1. The van der Waals surface area contributed by atoms with E-state index in [2.05, 4.69) is 74.5 Å². The summed E-state index contributed by atoms with van der Waals surface area (Å²) in [6.45, 7) is 4.67. The monoisotopic (exact) mass is 362 g/mol. The molecule has 0 nitrogen and oxygen atoms in total. The first kappa shape index (κ1) is 21.2. The molecule has 2 aromatic carbocycles. The zero-order valence-electron chi connectivity index (χ0n) is 15.3. The quantitative estimate of drug-likeness (QED) is 0.560. The Morgan fingerprint density at radius 2 is 1.00 bits per heavy atom. The third kappa shape index (κ3) is 6.96. The van der Waals surface area contributed by atoms with E-state index in [1.807, 2.05) is 0 Å². The fraction of sp³-hybridized carbons (Fsp3) is 0.455. The molecule has 0 atom stereocenters. The van der Waals surface area contributed by atoms with E-state index in [0.29, 0.717) is 0 Å². The molecule has 0 aliphatic heterocycles. The van der Waals surface area contributed by atoms with Crippen molar-refractivity contribution >= 4 is 7.26 Å². The van der Waals surface area contributed by atoms with E-state index in [-0.39, 0.29) is 12.4 Å². The largest absolute Gasteiger partial charge is 1.00 e. The fourth-order valence-electron chi connectivity index (χ4n) is 3.41. The molecule has 0 radical (unpaired) electrons. The predicted octanol–water partition coefficient (Wildman–Crippen LogP) is 4.01. The molecule has 0 fully saturated rings. The molecule has 0 saturated heterocycles. The number of rotatable bonds is 10. The summed E-state index contributed by atoms with van der Waals surface area (Å²) in [5.41, 5.74) is 3.09. The first-order chi connectivity index (χ1) is 11.3. The van der Waals surface area contributed by atoms with Crippen LogP contribution in [0.15, 0.2) is 60.7 Å². The SMILES string of the molecule is CCCC[P+](CCCC)(Cc1ccccc1)Cc1ccccc1.[Cl-]. The maximum absolute atomic E-state index is 2.33. The van der Waals surface area contributed by atoms with Crippen LogP contribution in [0.5, 0.6) is 0 Å². The summed E-state index contributed by atoms with van der Waals surface area (Å²) in [4.78, 5) is 0. The highest BCUT2D eigenvalue weighted by Gasteiger charge is 2.36. The zero-order chi connectivity index (χ0) is 16.4. The van der Waals surface area contributed by atoms with Crippen LogP contribution in [-0.4, -0.2) is 12.3 Å². The molecule has 0 N–H and O–H groups in total. The minimum atomic E-state index is -0.973. The lowest BCUT2D eigenvalue weighted by Crippen LogP contribution is -3.00. The van der Waals surface area contributed by atoms with Crippen LogP contribution >= 0.6 is 7.26 Å². The second-order valence-electron chi connectivity index (χ2n) is 6.78. The van der Waals surface area contributed by atoms with Crippen LogP contribution < -0.4 is 12.4 Å². The van der Waals surface area contributed by atoms with Crippen LogP contribution in [0, 0.1) is 0 Å². The maximum atomic E-state index is 2.33. The van der Waals surface area contributed by atoms with Gasteiger partial charge < -0.3 is 12.4 Å². The zero-order valence-corrected chi connectivity index (χ0v) is 16.9. The van der Waals surface area contributed by atoms with Crippen LogP contribution in [0.1, 0.15) is 50.7 Å². The Morgan fingerprint density at radius 3 is 1.33 bits per heavy atom. The van der Waals surface area contributed by atoms with Gasteiger partial charge in [-0.15, -0.1) is 0 Å². The van der Waals surface area contributed by atoms with Crippen molar-refractivity contribution in [3.05, 3.63) is 71.8 Å². The number of hydrogen-bond acceptors (Lipinski definition) is 0. The van der Waals surface area contributed by atoms with Gasteiger partial charge in [0.05, 0.1) is 24.6 Å². The van der Waals surface area contributed by atoms with Crippen LogP contribution in [0.3, 0.4) is 0 Å². The van der Waals surface area contributed by atoms with Gasteiger partial charge in [0.2, 0.25) is 0 Å². The van der Waals surface area contributed by atoms with Gasteiger partial charge in [-0.1, -0.05) is 87.4 Å². The van der Waals surface area contributed by atoms with Gasteiger partial charge in [0, 0.05) is 7.26 Å². The topological polar surface area (TPSA) is 0 Å². The summed E-state index contributed by atoms with van der Waals surface area (Å²) in [6, 6.07) is 22.4. The average molecular weight is 363 g/mol. The molecule has 132 valence electrons. The first-order valence-corrected chi connectivity index (χ1v) is 11.7. The average Bonchev–Trinajstić information content (AvgIpc) is 2.60. The highest BCUT2D eigenvalue weighted by atomic mass is 35.5. The van der Waals surface area contributed by atoms with Crippen molar-refractivity contribution in [3.63, 3.8) is 0 Å². The second kappa shape index (κ2) is 11.7. The van der Waals surface area contributed by atoms with Crippen LogP contribution in [0.25, 0.3) is 0 Å². The van der Waals surface area contributed by atoms with E-state index in [0.717, 1.165) is 0 Å². The van der Waals surface area contributed by atoms with Gasteiger partial charge in [0.1, 0.15) is 0 Å². The molecule has 0 aliphatic rings. The third-order valence-corrected chi connectivity index (χ3v) is 9.30. The van der Waals surface area contributed by atoms with Crippen LogP contribution in [0.2, 0.25) is 0 Å². The van der Waals surface area contributed by atoms with E-state index >= 15 is 0 Å². The molecule has 24 heavy (non-hydrogen) atoms. The lowest BCUT2D eigenvalue weighted by Gasteiger charge is -2.28. The van der Waals surface area contributed by atoms with Gasteiger partial charge in [0.25, 0.3) is 0 Å². The Morgan fingerprint density at radius 1 is 0.625 bits per heavy atom. The lowest BCUT2D eigenvalue weighted by atomic mass is 10.2. The molecule has 0 bridgehead atoms. The van der Waals surface area contributed by atoms with E-state index in [1.165, 1.54) is 50.3 Å². The van der Waals surface area contributed by atoms with Crippen molar-refractivity contribution in [2.75, 3.05) is 12.3 Å². The van der Waals surface area contributed by atoms with Gasteiger partial charge in [-0.05, 0) is 24.0 Å². The Kier molecular flexibility index (Phi) is 10.3. The Bertz CT molecular complexity index is 487. The van der Waals surface area contributed by atoms with Gasteiger partial charge in [0.15, 0.2) is 0 Å². The Labute approximate surface area is 155 Å². The first-order valence-electron chi connectivity index (χ1n) is 9.21. The van der Waals surface area contributed by atoms with Crippen molar-refractivity contribution in [1.82, 2.24) is 0 Å². The summed E-state index contributed by atoms with van der Waals surface area (Å²) in [5.74, 6) is 0. The van der Waals surface area contributed by atoms with E-state index < -0.39 is 7.26 Å². The highest BCUT2D eigenvalue weighted by Crippen LogP contribution is 2.65. The molecule has 0 aliphatic carbocycles. The summed E-state index contributed by atoms with van der Waals surface area (Å²) in [6.07, 6.45) is 11.0. The van der Waals surface area contributed by atoms with E-state index in [4.69, 9.17) is 0 Å². The number of unbranched alkanes of at least 4 members (excludes halogenated alkanes) is 2. The molecular formula is C22H32ClP. The summed E-state index contributed by atoms with van der Waals surface area (Å²) >= 11 is 0. The molecule has 2 aromatic rings. The summed E-state index contributed by atoms with van der Waals surface area (Å²) < 4.78 is 0. The smallest absolute Gasteiger partial charge is 0.0846 e. The number of hydrogen-bond donors (Lipinski definition) is 0. The van der Waals surface area contributed by atoms with Gasteiger partial charge in [-0.25, -0.2) is 0 Å². The van der Waals surface area contributed by atoms with E-state index in [1.54, 1.807) is 11.1 Å². The van der Waals surface area contributed by atoms with Crippen LogP contribution in [0.4, 0.5) is 0 Å². The molecule has 0 heterocycles. The van der Waals surface area contributed by atoms with Crippen molar-refractivity contribution < 1.29 is 12.4 Å². The summed E-state index contributed by atoms with van der Waals surface area (Å²) in [7, 11) is -0.973. The lowest BCUT2D eigenvalue weighted by molar-refractivity contribution is -0.00000502. The molecule has 0 unspecified atom stereocenters. The third-order valence-electron chi connectivity index (χ3n) is 4.69. The number of benzene rings is 2. The highest BCUT2D eigenvalue weighted by molar-refractivity contribution is 7.74. The minimum Gasteiger partial charge on any atom is -1.00 e. The second-order valence-corrected chi connectivity index (χ2v) is 11.0. The normalized spacial score (nSPS) is 11.1. The van der Waals surface area contributed by atoms with Gasteiger partial charge >= 0.3 is 0 Å². The van der Waals surface area contributed by atoms with Crippen molar-refractivity contribution in [2.45, 2.75) is 51.9 Å². The molecule has 0 amide bonds. The summed E-state index contributed by atoms with van der Waals surface area (Å²) in [5, 5.41) is 0. The predicted molar refractivity (Wildman–Crippen MR) is 107 cm³/mol. The molecule has 2 heteroatoms. The maximum Gasteiger partial charge on any atom is 0.0846 e. The Balaban J connectivity index is 0.00000288. The molecule has 0 spiro atoms. The van der Waals surface area contributed by atoms with Gasteiger partial charge in [-0.2, -0.15) is 0 Å². The van der Waals surface area contributed by atoms with Crippen molar-refractivity contribution in [3.8, 4) is 0 Å². The van der Waals surface area contributed by atoms with Crippen LogP contribution in [-0.2, 0) is 12.3 Å². The molecule has 0 saturated carbocycles. The number of halogens is 1. The minimum absolute atomic E-state index is 0.